The molecule has 0 unspecified atom stereocenters. The first-order valence-corrected chi connectivity index (χ1v) is 15.1. The third kappa shape index (κ3) is 7.35. The number of halogens is 3. The second kappa shape index (κ2) is 12.6. The summed E-state index contributed by atoms with van der Waals surface area (Å²) in [6.45, 7) is 4.05. The molecule has 1 amide bonds. The van der Waals surface area contributed by atoms with Crippen molar-refractivity contribution in [2.24, 2.45) is 5.92 Å². The molecule has 1 aromatic heterocycles. The number of sulfone groups is 1. The first-order valence-electron chi connectivity index (χ1n) is 13.5. The van der Waals surface area contributed by atoms with Gasteiger partial charge in [-0.2, -0.15) is 13.2 Å². The van der Waals surface area contributed by atoms with Crippen LogP contribution in [0.1, 0.15) is 36.2 Å². The van der Waals surface area contributed by atoms with Gasteiger partial charge in [0.1, 0.15) is 17.8 Å². The van der Waals surface area contributed by atoms with Crippen LogP contribution in [0.5, 0.6) is 5.75 Å². The van der Waals surface area contributed by atoms with Crippen LogP contribution in [0.4, 0.5) is 18.9 Å². The van der Waals surface area contributed by atoms with Gasteiger partial charge >= 0.3 is 6.18 Å². The highest BCUT2D eigenvalue weighted by Crippen LogP contribution is 2.28. The van der Waals surface area contributed by atoms with Gasteiger partial charge in [0, 0.05) is 18.2 Å². The zero-order chi connectivity index (χ0) is 30.7. The van der Waals surface area contributed by atoms with Gasteiger partial charge in [-0.1, -0.05) is 25.7 Å². The molecule has 0 saturated carbocycles. The van der Waals surface area contributed by atoms with Crippen molar-refractivity contribution in [2.45, 2.75) is 43.9 Å². The van der Waals surface area contributed by atoms with Crippen LogP contribution in [0, 0.1) is 17.8 Å². The number of imidazole rings is 1. The maximum absolute atomic E-state index is 13.4. The Labute approximate surface area is 243 Å². The fourth-order valence-corrected chi connectivity index (χ4v) is 5.92. The topological polar surface area (TPSA) is 106 Å². The number of amides is 1. The van der Waals surface area contributed by atoms with Gasteiger partial charge in [-0.05, 0) is 56.3 Å². The molecule has 1 aliphatic rings. The third-order valence-corrected chi connectivity index (χ3v) is 8.99. The number of carbonyl (C=O) groups excluding carboxylic acids is 1. The average Bonchev–Trinajstić information content (AvgIpc) is 3.32. The van der Waals surface area contributed by atoms with Crippen molar-refractivity contribution in [3.8, 4) is 17.6 Å². The quantitative estimate of drug-likeness (QED) is 0.375. The predicted molar refractivity (Wildman–Crippen MR) is 154 cm³/mol. The van der Waals surface area contributed by atoms with Crippen LogP contribution in [-0.2, 0) is 16.4 Å². The average molecular weight is 606 g/mol. The maximum Gasteiger partial charge on any atom is 0.406 e. The van der Waals surface area contributed by atoms with E-state index in [0.29, 0.717) is 17.0 Å². The molecule has 0 aliphatic carbocycles. The van der Waals surface area contributed by atoms with Crippen molar-refractivity contribution >= 4 is 32.5 Å². The summed E-state index contributed by atoms with van der Waals surface area (Å²) >= 11 is 0. The lowest BCUT2D eigenvalue weighted by Gasteiger charge is -2.35. The largest absolute Gasteiger partial charge is 0.495 e. The summed E-state index contributed by atoms with van der Waals surface area (Å²) in [7, 11) is 0.0310. The molecule has 2 aromatic carbocycles. The van der Waals surface area contributed by atoms with Crippen molar-refractivity contribution in [3.63, 3.8) is 0 Å². The number of alkyl halides is 3. The van der Waals surface area contributed by atoms with Gasteiger partial charge in [0.2, 0.25) is 0 Å². The number of ether oxygens (including phenoxy) is 1. The summed E-state index contributed by atoms with van der Waals surface area (Å²) in [6, 6.07) is 7.40. The van der Waals surface area contributed by atoms with Crippen LogP contribution in [0.25, 0.3) is 11.0 Å². The Bertz CT molecular complexity index is 1630. The van der Waals surface area contributed by atoms with E-state index in [0.717, 1.165) is 30.4 Å². The molecule has 2 N–H and O–H groups in total. The molecular weight excluding hydrogens is 571 g/mol. The SMILES string of the molecule is CCS(=O)(=O)c1ccc(OC)c(NCC#Cc2cc(C(=O)N[C@H]3CCN(C)C[C@@H]3C)c3ncn(CC(F)(F)F)c3c2)c1. The molecule has 226 valence electrons. The minimum atomic E-state index is -4.48. The number of piperidine rings is 1. The number of fused-ring (bicyclic) bond motifs is 1. The molecule has 0 bridgehead atoms. The lowest BCUT2D eigenvalue weighted by Crippen LogP contribution is -2.48. The van der Waals surface area contributed by atoms with Crippen molar-refractivity contribution in [2.75, 3.05) is 44.9 Å². The van der Waals surface area contributed by atoms with Crippen LogP contribution in [0.2, 0.25) is 0 Å². The van der Waals surface area contributed by atoms with E-state index in [4.69, 9.17) is 4.74 Å². The lowest BCUT2D eigenvalue weighted by atomic mass is 9.93. The molecule has 13 heteroatoms. The third-order valence-electron chi connectivity index (χ3n) is 7.25. The Hall–Kier alpha value is -3.76. The van der Waals surface area contributed by atoms with E-state index < -0.39 is 28.5 Å². The summed E-state index contributed by atoms with van der Waals surface area (Å²) in [4.78, 5) is 19.9. The number of likely N-dealkylation sites (tertiary alicyclic amines) is 1. The van der Waals surface area contributed by atoms with Crippen molar-refractivity contribution < 1.29 is 31.1 Å². The second-order valence-electron chi connectivity index (χ2n) is 10.4. The Morgan fingerprint density at radius 1 is 1.24 bits per heavy atom. The van der Waals surface area contributed by atoms with Gasteiger partial charge in [-0.25, -0.2) is 13.4 Å². The summed E-state index contributed by atoms with van der Waals surface area (Å²) in [6.07, 6.45) is -2.65. The second-order valence-corrected chi connectivity index (χ2v) is 12.7. The molecule has 1 aliphatic heterocycles. The number of carbonyl (C=O) groups is 1. The molecule has 9 nitrogen and oxygen atoms in total. The van der Waals surface area contributed by atoms with E-state index in [-0.39, 0.29) is 45.7 Å². The number of nitrogens with one attached hydrogen (secondary N) is 2. The molecule has 4 rings (SSSR count). The van der Waals surface area contributed by atoms with Gasteiger partial charge in [-0.15, -0.1) is 0 Å². The molecular formula is C29H34F3N5O4S. The predicted octanol–water partition coefficient (Wildman–Crippen LogP) is 3.93. The molecule has 2 atom stereocenters. The van der Waals surface area contributed by atoms with Crippen LogP contribution in [0.15, 0.2) is 41.6 Å². The molecule has 1 fully saturated rings. The number of aromatic nitrogens is 2. The van der Waals surface area contributed by atoms with Crippen LogP contribution in [0.3, 0.4) is 0 Å². The van der Waals surface area contributed by atoms with E-state index in [1.807, 2.05) is 14.0 Å². The monoisotopic (exact) mass is 605 g/mol. The summed E-state index contributed by atoms with van der Waals surface area (Å²) in [5.74, 6) is 5.96. The van der Waals surface area contributed by atoms with Crippen LogP contribution >= 0.6 is 0 Å². The van der Waals surface area contributed by atoms with E-state index in [1.54, 1.807) is 13.0 Å². The molecule has 42 heavy (non-hydrogen) atoms. The highest BCUT2D eigenvalue weighted by molar-refractivity contribution is 7.91. The smallest absolute Gasteiger partial charge is 0.406 e. The summed E-state index contributed by atoms with van der Waals surface area (Å²) in [5, 5.41) is 6.08. The number of rotatable bonds is 8. The standard InChI is InChI=1S/C29H34F3N5O4S/c1-5-42(39,40)21-8-9-26(41-4)24(15-21)33-11-6-7-20-13-22(28(38)35-23-10-12-36(3)16-19(23)2)27-25(14-20)37(18-34-27)17-29(30,31)32/h8-9,13-15,18-19,23,33H,5,10-12,16-17H2,1-4H3,(H,35,38)/t19-,23-/m0/s1. The minimum Gasteiger partial charge on any atom is -0.495 e. The number of anilines is 1. The van der Waals surface area contributed by atoms with Crippen molar-refractivity contribution in [3.05, 3.63) is 47.8 Å². The molecule has 2 heterocycles. The highest BCUT2D eigenvalue weighted by Gasteiger charge is 2.30. The number of hydrogen-bond acceptors (Lipinski definition) is 7. The zero-order valence-corrected chi connectivity index (χ0v) is 24.7. The molecule has 0 spiro atoms. The van der Waals surface area contributed by atoms with Gasteiger partial charge in [0.15, 0.2) is 9.84 Å². The van der Waals surface area contributed by atoms with Crippen molar-refractivity contribution in [1.82, 2.24) is 19.8 Å². The van der Waals surface area contributed by atoms with Gasteiger partial charge < -0.3 is 24.8 Å². The highest BCUT2D eigenvalue weighted by atomic mass is 32.2. The van der Waals surface area contributed by atoms with Crippen molar-refractivity contribution in [1.29, 1.82) is 0 Å². The summed E-state index contributed by atoms with van der Waals surface area (Å²) in [5.41, 5.74) is 1.22. The van der Waals surface area contributed by atoms with E-state index in [9.17, 15) is 26.4 Å². The number of benzene rings is 2. The Balaban J connectivity index is 1.63. The Morgan fingerprint density at radius 3 is 2.67 bits per heavy atom. The Morgan fingerprint density at radius 2 is 2.00 bits per heavy atom. The maximum atomic E-state index is 13.4. The zero-order valence-electron chi connectivity index (χ0n) is 23.9. The fourth-order valence-electron chi connectivity index (χ4n) is 5.01. The Kier molecular flexibility index (Phi) is 9.37. The number of methoxy groups -OCH3 is 1. The van der Waals surface area contributed by atoms with Crippen LogP contribution in [-0.4, -0.2) is 80.5 Å². The number of nitrogens with zero attached hydrogens (tertiary/aromatic N) is 3. The molecule has 3 aromatic rings. The normalized spacial score (nSPS) is 17.9. The lowest BCUT2D eigenvalue weighted by molar-refractivity contribution is -0.139. The van der Waals surface area contributed by atoms with Gasteiger partial charge in [-0.3, -0.25) is 4.79 Å². The van der Waals surface area contributed by atoms with Gasteiger partial charge in [0.25, 0.3) is 5.91 Å². The van der Waals surface area contributed by atoms with E-state index >= 15 is 0 Å². The fraction of sp³-hybridized carbons (Fsp3) is 0.448. The minimum absolute atomic E-state index is 0.0570. The van der Waals surface area contributed by atoms with Gasteiger partial charge in [0.05, 0.1) is 47.4 Å². The van der Waals surface area contributed by atoms with E-state index in [1.165, 1.54) is 31.4 Å². The first kappa shape index (κ1) is 31.2. The van der Waals surface area contributed by atoms with Crippen LogP contribution < -0.4 is 15.4 Å². The molecule has 0 radical (unpaired) electrons. The molecule has 1 saturated heterocycles. The van der Waals surface area contributed by atoms with E-state index in [2.05, 4.69) is 32.4 Å². The number of hydrogen-bond donors (Lipinski definition) is 2. The first-order chi connectivity index (χ1) is 19.8. The summed E-state index contributed by atoms with van der Waals surface area (Å²) < 4.78 is 70.7.